The summed E-state index contributed by atoms with van der Waals surface area (Å²) in [6.07, 6.45) is 2.18. The Morgan fingerprint density at radius 2 is 2.03 bits per heavy atom. The van der Waals surface area contributed by atoms with Crippen LogP contribution in [0.1, 0.15) is 6.42 Å². The smallest absolute Gasteiger partial charge is 0.333 e. The monoisotopic (exact) mass is 398 g/mol. The number of nitrogens with two attached hydrogens (primary N) is 1. The van der Waals surface area contributed by atoms with Crippen molar-refractivity contribution < 1.29 is 4.79 Å². The lowest BCUT2D eigenvalue weighted by atomic mass is 10.1. The number of benzene rings is 2. The number of pyridine rings is 1. The third kappa shape index (κ3) is 2.71. The number of hydrogen-bond donors (Lipinski definition) is 2. The summed E-state index contributed by atoms with van der Waals surface area (Å²) in [5.74, 6) is -0.315. The van der Waals surface area contributed by atoms with Gasteiger partial charge in [0.25, 0.3) is 0 Å². The second-order valence-electron chi connectivity index (χ2n) is 7.56. The molecule has 1 aliphatic rings. The molecular formula is C22H18N6O2. The first-order chi connectivity index (χ1) is 14.5. The van der Waals surface area contributed by atoms with Gasteiger partial charge in [-0.2, -0.15) is 5.26 Å². The molecule has 1 aliphatic carbocycles. The third-order valence-electron chi connectivity index (χ3n) is 5.62. The molecule has 0 radical (unpaired) electrons. The molecule has 0 bridgehead atoms. The fraction of sp³-hybridized carbons (Fsp3) is 0.182. The van der Waals surface area contributed by atoms with E-state index >= 15 is 0 Å². The Morgan fingerprint density at radius 3 is 2.77 bits per heavy atom. The molecule has 2 aromatic heterocycles. The van der Waals surface area contributed by atoms with Gasteiger partial charge in [0.1, 0.15) is 5.82 Å². The van der Waals surface area contributed by atoms with Crippen LogP contribution in [0.5, 0.6) is 0 Å². The van der Waals surface area contributed by atoms with Crippen molar-refractivity contribution in [3.63, 3.8) is 0 Å². The highest BCUT2D eigenvalue weighted by Gasteiger charge is 2.43. The van der Waals surface area contributed by atoms with E-state index in [4.69, 9.17) is 11.0 Å². The van der Waals surface area contributed by atoms with Gasteiger partial charge in [-0.3, -0.25) is 13.9 Å². The van der Waals surface area contributed by atoms with Crippen molar-refractivity contribution in [2.24, 2.45) is 18.9 Å². The Kier molecular flexibility index (Phi) is 3.86. The Balaban J connectivity index is 1.60. The average Bonchev–Trinajstić information content (AvgIpc) is 3.49. The molecule has 1 saturated carbocycles. The molecule has 4 aromatic rings. The van der Waals surface area contributed by atoms with Gasteiger partial charge in [-0.25, -0.2) is 9.78 Å². The van der Waals surface area contributed by atoms with Gasteiger partial charge in [0.2, 0.25) is 5.91 Å². The number of nitrogens with zero attached hydrogens (tertiary/aromatic N) is 4. The molecule has 0 saturated heterocycles. The van der Waals surface area contributed by atoms with E-state index in [2.05, 4.69) is 16.4 Å². The number of hydrogen-bond acceptors (Lipinski definition) is 5. The van der Waals surface area contributed by atoms with E-state index in [1.165, 1.54) is 0 Å². The predicted molar refractivity (Wildman–Crippen MR) is 114 cm³/mol. The molecule has 8 nitrogen and oxygen atoms in total. The van der Waals surface area contributed by atoms with Crippen LogP contribution in [-0.2, 0) is 11.8 Å². The van der Waals surface area contributed by atoms with Crippen molar-refractivity contribution in [2.75, 3.05) is 11.1 Å². The van der Waals surface area contributed by atoms with Crippen molar-refractivity contribution in [3.8, 4) is 11.8 Å². The number of para-hydroxylation sites is 2. The average molecular weight is 398 g/mol. The van der Waals surface area contributed by atoms with E-state index in [1.807, 2.05) is 30.3 Å². The molecule has 8 heteroatoms. The van der Waals surface area contributed by atoms with Gasteiger partial charge < -0.3 is 11.1 Å². The molecule has 148 valence electrons. The Morgan fingerprint density at radius 1 is 1.27 bits per heavy atom. The summed E-state index contributed by atoms with van der Waals surface area (Å²) >= 11 is 0. The van der Waals surface area contributed by atoms with E-state index in [0.717, 1.165) is 21.8 Å². The molecule has 0 spiro atoms. The Labute approximate surface area is 171 Å². The first kappa shape index (κ1) is 17.9. The summed E-state index contributed by atoms with van der Waals surface area (Å²) in [7, 11) is 1.73. The summed E-state index contributed by atoms with van der Waals surface area (Å²) in [6, 6.07) is 15.0. The second-order valence-corrected chi connectivity index (χ2v) is 7.56. The Hall–Kier alpha value is -4.12. The number of aromatic nitrogens is 3. The Bertz CT molecular complexity index is 1440. The van der Waals surface area contributed by atoms with Gasteiger partial charge in [-0.1, -0.05) is 12.1 Å². The van der Waals surface area contributed by atoms with Crippen LogP contribution in [0.3, 0.4) is 0 Å². The van der Waals surface area contributed by atoms with E-state index in [1.54, 1.807) is 34.5 Å². The number of nitriles is 1. The fourth-order valence-electron chi connectivity index (χ4n) is 3.86. The summed E-state index contributed by atoms with van der Waals surface area (Å²) in [6.45, 7) is 0. The summed E-state index contributed by atoms with van der Waals surface area (Å²) in [5.41, 5.74) is 8.80. The molecule has 2 heterocycles. The summed E-state index contributed by atoms with van der Waals surface area (Å²) < 4.78 is 3.21. The topological polar surface area (TPSA) is 119 Å². The minimum Gasteiger partial charge on any atom is -0.398 e. The number of nitrogen functional groups attached to an aromatic ring is 1. The van der Waals surface area contributed by atoms with Crippen molar-refractivity contribution in [3.05, 3.63) is 59.1 Å². The zero-order valence-corrected chi connectivity index (χ0v) is 16.2. The molecule has 2 atom stereocenters. The predicted octanol–water partition coefficient (Wildman–Crippen LogP) is 2.56. The third-order valence-corrected chi connectivity index (χ3v) is 5.62. The molecule has 0 unspecified atom stereocenters. The van der Waals surface area contributed by atoms with Gasteiger partial charge in [0, 0.05) is 24.3 Å². The molecule has 3 N–H and O–H groups in total. The quantitative estimate of drug-likeness (QED) is 0.514. The molecule has 1 amide bonds. The van der Waals surface area contributed by atoms with Gasteiger partial charge in [0.15, 0.2) is 0 Å². The maximum absolute atomic E-state index is 12.9. The van der Waals surface area contributed by atoms with Crippen molar-refractivity contribution in [1.82, 2.24) is 14.1 Å². The first-order valence-corrected chi connectivity index (χ1v) is 9.54. The van der Waals surface area contributed by atoms with Gasteiger partial charge in [-0.15, -0.1) is 0 Å². The zero-order chi connectivity index (χ0) is 21.0. The van der Waals surface area contributed by atoms with E-state index < -0.39 is 0 Å². The number of carbonyl (C=O) groups excluding carboxylic acids is 1. The molecule has 30 heavy (non-hydrogen) atoms. The van der Waals surface area contributed by atoms with E-state index in [0.29, 0.717) is 23.6 Å². The van der Waals surface area contributed by atoms with Crippen LogP contribution < -0.4 is 16.7 Å². The van der Waals surface area contributed by atoms with Crippen LogP contribution in [0, 0.1) is 23.2 Å². The second kappa shape index (κ2) is 6.46. The standard InChI is InChI=1S/C22H18N6O2/c1-27-18-4-2-3-5-19(18)28(22(27)30)14-6-12-8-20(25-11-16(12)17(24)9-14)26-21(29)15-7-13(15)10-23/h2-6,8-9,11,13,15H,7,24H2,1H3,(H,25,26,29)/t13-,15+/m1/s1. The summed E-state index contributed by atoms with van der Waals surface area (Å²) in [4.78, 5) is 29.4. The van der Waals surface area contributed by atoms with Crippen LogP contribution in [0.2, 0.25) is 0 Å². The lowest BCUT2D eigenvalue weighted by molar-refractivity contribution is -0.117. The number of nitrogens with one attached hydrogen (secondary N) is 1. The molecular weight excluding hydrogens is 380 g/mol. The SMILES string of the molecule is Cn1c(=O)n(-c2cc(N)c3cnc(NC(=O)[C@H]4C[C@@H]4C#N)cc3c2)c2ccccc21. The van der Waals surface area contributed by atoms with Crippen LogP contribution in [-0.4, -0.2) is 20.0 Å². The van der Waals surface area contributed by atoms with Gasteiger partial charge in [0.05, 0.1) is 34.6 Å². The van der Waals surface area contributed by atoms with Crippen LogP contribution in [0.4, 0.5) is 11.5 Å². The van der Waals surface area contributed by atoms with E-state index in [9.17, 15) is 9.59 Å². The molecule has 5 rings (SSSR count). The zero-order valence-electron chi connectivity index (χ0n) is 16.2. The lowest BCUT2D eigenvalue weighted by Gasteiger charge is -2.10. The van der Waals surface area contributed by atoms with Gasteiger partial charge >= 0.3 is 5.69 Å². The number of amides is 1. The van der Waals surface area contributed by atoms with E-state index in [-0.39, 0.29) is 23.4 Å². The maximum atomic E-state index is 12.9. The number of anilines is 2. The van der Waals surface area contributed by atoms with Crippen LogP contribution >= 0.6 is 0 Å². The lowest BCUT2D eigenvalue weighted by Crippen LogP contribution is -2.21. The largest absolute Gasteiger partial charge is 0.398 e. The van der Waals surface area contributed by atoms with Crippen LogP contribution in [0.15, 0.2) is 53.5 Å². The van der Waals surface area contributed by atoms with Gasteiger partial charge in [-0.05, 0) is 42.1 Å². The normalized spacial score (nSPS) is 17.7. The molecule has 0 aliphatic heterocycles. The number of imidazole rings is 1. The molecule has 1 fully saturated rings. The highest BCUT2D eigenvalue weighted by Crippen LogP contribution is 2.38. The molecule has 2 aromatic carbocycles. The van der Waals surface area contributed by atoms with Crippen molar-refractivity contribution >= 4 is 39.2 Å². The first-order valence-electron chi connectivity index (χ1n) is 9.54. The number of aryl methyl sites for hydroxylation is 1. The number of fused-ring (bicyclic) bond motifs is 2. The van der Waals surface area contributed by atoms with Crippen LogP contribution in [0.25, 0.3) is 27.5 Å². The van der Waals surface area contributed by atoms with Crippen molar-refractivity contribution in [2.45, 2.75) is 6.42 Å². The van der Waals surface area contributed by atoms with Crippen molar-refractivity contribution in [1.29, 1.82) is 5.26 Å². The minimum absolute atomic E-state index is 0.172. The highest BCUT2D eigenvalue weighted by atomic mass is 16.2. The maximum Gasteiger partial charge on any atom is 0.333 e. The fourth-order valence-corrected chi connectivity index (χ4v) is 3.86. The minimum atomic E-state index is -0.279. The number of carbonyl (C=O) groups is 1. The summed E-state index contributed by atoms with van der Waals surface area (Å²) in [5, 5.41) is 13.2. The number of rotatable bonds is 3. The highest BCUT2D eigenvalue weighted by molar-refractivity contribution is 5.99.